The van der Waals surface area contributed by atoms with Crippen molar-refractivity contribution in [3.8, 4) is 0 Å². The maximum Gasteiger partial charge on any atom is 0.184 e. The van der Waals surface area contributed by atoms with Crippen molar-refractivity contribution < 1.29 is 0 Å². The molecule has 23 heavy (non-hydrogen) atoms. The number of rotatable bonds is 4. The highest BCUT2D eigenvalue weighted by Crippen LogP contribution is 2.22. The molecule has 2 aromatic heterocycles. The predicted octanol–water partition coefficient (Wildman–Crippen LogP) is 3.22. The predicted molar refractivity (Wildman–Crippen MR) is 90.3 cm³/mol. The highest BCUT2D eigenvalue weighted by Gasteiger charge is 2.10. The second-order valence-electron chi connectivity index (χ2n) is 5.38. The largest absolute Gasteiger partial charge is 0.308 e. The van der Waals surface area contributed by atoms with E-state index in [0.29, 0.717) is 11.6 Å². The monoisotopic (exact) mass is 323 g/mol. The van der Waals surface area contributed by atoms with Crippen LogP contribution in [0.15, 0.2) is 54.6 Å². The first-order valence-corrected chi connectivity index (χ1v) is 7.73. The lowest BCUT2D eigenvalue weighted by Crippen LogP contribution is -2.13. The van der Waals surface area contributed by atoms with E-state index < -0.39 is 0 Å². The maximum atomic E-state index is 6.08. The Morgan fingerprint density at radius 1 is 1.00 bits per heavy atom. The molecule has 0 aliphatic rings. The first-order valence-electron chi connectivity index (χ1n) is 7.35. The van der Waals surface area contributed by atoms with Crippen molar-refractivity contribution in [2.75, 3.05) is 0 Å². The van der Waals surface area contributed by atoms with Crippen molar-refractivity contribution in [1.82, 2.24) is 25.4 Å². The van der Waals surface area contributed by atoms with Gasteiger partial charge in [-0.15, -0.1) is 5.10 Å². The molecule has 0 saturated carbocycles. The zero-order valence-electron chi connectivity index (χ0n) is 12.3. The summed E-state index contributed by atoms with van der Waals surface area (Å²) >= 11 is 6.08. The fourth-order valence-electron chi connectivity index (χ4n) is 2.69. The van der Waals surface area contributed by atoms with Crippen LogP contribution in [-0.2, 0) is 13.1 Å². The Kier molecular flexibility index (Phi) is 3.65. The lowest BCUT2D eigenvalue weighted by molar-refractivity contribution is 0.694. The van der Waals surface area contributed by atoms with Crippen LogP contribution in [0.5, 0.6) is 0 Å². The summed E-state index contributed by atoms with van der Waals surface area (Å²) in [5, 5.41) is 17.2. The van der Waals surface area contributed by atoms with Crippen molar-refractivity contribution in [1.29, 1.82) is 0 Å². The van der Waals surface area contributed by atoms with Gasteiger partial charge >= 0.3 is 0 Å². The SMILES string of the molecule is Clc1ccc2cc(CNCc3ccccc3)c3nnnn3c2c1. The molecule has 0 spiro atoms. The van der Waals surface area contributed by atoms with E-state index in [0.717, 1.165) is 28.7 Å². The van der Waals surface area contributed by atoms with Crippen LogP contribution in [-0.4, -0.2) is 20.0 Å². The second-order valence-corrected chi connectivity index (χ2v) is 5.81. The van der Waals surface area contributed by atoms with Gasteiger partial charge in [-0.1, -0.05) is 48.0 Å². The minimum Gasteiger partial charge on any atom is -0.308 e. The number of benzene rings is 2. The van der Waals surface area contributed by atoms with Crippen molar-refractivity contribution in [2.24, 2.45) is 0 Å². The number of nitrogens with zero attached hydrogens (tertiary/aromatic N) is 4. The van der Waals surface area contributed by atoms with Crippen LogP contribution >= 0.6 is 11.6 Å². The normalized spacial score (nSPS) is 11.3. The van der Waals surface area contributed by atoms with Crippen LogP contribution < -0.4 is 5.32 Å². The third-order valence-electron chi connectivity index (χ3n) is 3.79. The van der Waals surface area contributed by atoms with E-state index in [1.54, 1.807) is 4.52 Å². The lowest BCUT2D eigenvalue weighted by atomic mass is 10.1. The van der Waals surface area contributed by atoms with Crippen molar-refractivity contribution in [3.05, 3.63) is 70.7 Å². The van der Waals surface area contributed by atoms with Gasteiger partial charge in [0.25, 0.3) is 0 Å². The molecule has 6 heteroatoms. The van der Waals surface area contributed by atoms with Gasteiger partial charge in [-0.25, -0.2) is 0 Å². The van der Waals surface area contributed by atoms with Gasteiger partial charge in [0.1, 0.15) is 0 Å². The molecule has 0 radical (unpaired) electrons. The number of nitrogens with one attached hydrogen (secondary N) is 1. The minimum atomic E-state index is 0.671. The highest BCUT2D eigenvalue weighted by atomic mass is 35.5. The Balaban J connectivity index is 1.66. The summed E-state index contributed by atoms with van der Waals surface area (Å²) in [5.74, 6) is 0. The molecule has 2 heterocycles. The number of tetrazole rings is 1. The molecule has 0 saturated heterocycles. The summed E-state index contributed by atoms with van der Waals surface area (Å²) in [5.41, 5.74) is 3.96. The molecular formula is C17H14ClN5. The zero-order chi connectivity index (χ0) is 15.6. The van der Waals surface area contributed by atoms with Gasteiger partial charge in [-0.05, 0) is 34.2 Å². The Morgan fingerprint density at radius 3 is 2.74 bits per heavy atom. The molecular weight excluding hydrogens is 310 g/mol. The van der Waals surface area contributed by atoms with Crippen LogP contribution in [0, 0.1) is 0 Å². The fourth-order valence-corrected chi connectivity index (χ4v) is 2.86. The van der Waals surface area contributed by atoms with E-state index in [-0.39, 0.29) is 0 Å². The molecule has 4 rings (SSSR count). The van der Waals surface area contributed by atoms with Crippen LogP contribution in [0.25, 0.3) is 16.6 Å². The number of fused-ring (bicyclic) bond motifs is 3. The third kappa shape index (κ3) is 2.76. The Bertz CT molecular complexity index is 965. The first-order chi connectivity index (χ1) is 11.3. The molecule has 2 aromatic carbocycles. The number of hydrogen-bond donors (Lipinski definition) is 1. The summed E-state index contributed by atoms with van der Waals surface area (Å²) in [6, 6.07) is 18.1. The summed E-state index contributed by atoms with van der Waals surface area (Å²) < 4.78 is 1.74. The van der Waals surface area contributed by atoms with Gasteiger partial charge in [0.15, 0.2) is 5.65 Å². The average Bonchev–Trinajstić information content (AvgIpc) is 3.06. The second kappa shape index (κ2) is 5.95. The first kappa shape index (κ1) is 14.1. The minimum absolute atomic E-state index is 0.671. The molecule has 0 aliphatic carbocycles. The summed E-state index contributed by atoms with van der Waals surface area (Å²) in [7, 11) is 0. The van der Waals surface area contributed by atoms with E-state index in [1.165, 1.54) is 5.56 Å². The molecule has 5 nitrogen and oxygen atoms in total. The van der Waals surface area contributed by atoms with Gasteiger partial charge in [-0.3, -0.25) is 0 Å². The van der Waals surface area contributed by atoms with E-state index in [9.17, 15) is 0 Å². The van der Waals surface area contributed by atoms with E-state index in [1.807, 2.05) is 36.4 Å². The topological polar surface area (TPSA) is 55.1 Å². The molecule has 0 unspecified atom stereocenters. The smallest absolute Gasteiger partial charge is 0.184 e. The number of pyridine rings is 1. The molecule has 1 N–H and O–H groups in total. The third-order valence-corrected chi connectivity index (χ3v) is 4.03. The summed E-state index contributed by atoms with van der Waals surface area (Å²) in [4.78, 5) is 0. The number of hydrogen-bond acceptors (Lipinski definition) is 4. The quantitative estimate of drug-likeness (QED) is 0.626. The average molecular weight is 324 g/mol. The van der Waals surface area contributed by atoms with Gasteiger partial charge in [-0.2, -0.15) is 4.52 Å². The van der Waals surface area contributed by atoms with Gasteiger partial charge in [0, 0.05) is 29.1 Å². The highest BCUT2D eigenvalue weighted by molar-refractivity contribution is 6.31. The summed E-state index contributed by atoms with van der Waals surface area (Å²) in [6.07, 6.45) is 0. The molecule has 0 bridgehead atoms. The Hall–Kier alpha value is -2.50. The van der Waals surface area contributed by atoms with Gasteiger partial charge < -0.3 is 5.32 Å². The van der Waals surface area contributed by atoms with Gasteiger partial charge in [0.2, 0.25) is 0 Å². The Morgan fingerprint density at radius 2 is 1.87 bits per heavy atom. The standard InChI is InChI=1S/C17H14ClN5/c18-15-7-6-13-8-14(11-19-10-12-4-2-1-3-5-12)17-20-21-22-23(17)16(13)9-15/h1-9,19H,10-11H2. The lowest BCUT2D eigenvalue weighted by Gasteiger charge is -2.08. The van der Waals surface area contributed by atoms with Crippen LogP contribution in [0.1, 0.15) is 11.1 Å². The summed E-state index contributed by atoms with van der Waals surface area (Å²) in [6.45, 7) is 1.49. The Labute approximate surface area is 137 Å². The van der Waals surface area contributed by atoms with Crippen molar-refractivity contribution in [3.63, 3.8) is 0 Å². The van der Waals surface area contributed by atoms with Crippen LogP contribution in [0.3, 0.4) is 0 Å². The van der Waals surface area contributed by atoms with E-state index in [4.69, 9.17) is 11.6 Å². The molecule has 0 atom stereocenters. The number of halogens is 1. The molecule has 0 aliphatic heterocycles. The molecule has 4 aromatic rings. The zero-order valence-corrected chi connectivity index (χ0v) is 13.0. The maximum absolute atomic E-state index is 6.08. The fraction of sp³-hybridized carbons (Fsp3) is 0.118. The van der Waals surface area contributed by atoms with E-state index >= 15 is 0 Å². The number of aromatic nitrogens is 4. The molecule has 0 amide bonds. The van der Waals surface area contributed by atoms with Crippen molar-refractivity contribution in [2.45, 2.75) is 13.1 Å². The molecule has 114 valence electrons. The molecule has 0 fully saturated rings. The van der Waals surface area contributed by atoms with E-state index in [2.05, 4.69) is 39.0 Å². The van der Waals surface area contributed by atoms with Crippen LogP contribution in [0.4, 0.5) is 0 Å². The van der Waals surface area contributed by atoms with Gasteiger partial charge in [0.05, 0.1) is 5.52 Å². The van der Waals surface area contributed by atoms with Crippen LogP contribution in [0.2, 0.25) is 5.02 Å². The van der Waals surface area contributed by atoms with Crippen molar-refractivity contribution >= 4 is 28.2 Å².